The van der Waals surface area contributed by atoms with Crippen molar-refractivity contribution in [1.82, 2.24) is 0 Å². The number of aliphatic carboxylic acids is 1. The number of carbonyl (C=O) groups excluding carboxylic acids is 1. The van der Waals surface area contributed by atoms with Gasteiger partial charge in [0.15, 0.2) is 5.75 Å². The predicted molar refractivity (Wildman–Crippen MR) is 68.2 cm³/mol. The fourth-order valence-electron chi connectivity index (χ4n) is 1.26. The monoisotopic (exact) mass is 291 g/mol. The topological polar surface area (TPSA) is 86.6 Å². The number of rotatable bonds is 5. The Kier molecular flexibility index (Phi) is 5.25. The zero-order chi connectivity index (χ0) is 13.7. The van der Waals surface area contributed by atoms with Crippen LogP contribution in [0.4, 0.5) is 5.69 Å². The summed E-state index contributed by atoms with van der Waals surface area (Å²) in [5.41, 5.74) is 0.350. The summed E-state index contributed by atoms with van der Waals surface area (Å²) in [7, 11) is 0. The van der Waals surface area contributed by atoms with Gasteiger partial charge in [-0.25, -0.2) is 0 Å². The highest BCUT2D eigenvalue weighted by Gasteiger charge is 2.09. The van der Waals surface area contributed by atoms with Crippen molar-refractivity contribution >= 4 is 40.8 Å². The average Bonchev–Trinajstić information content (AvgIpc) is 2.25. The number of benzene rings is 1. The normalized spacial score (nSPS) is 10.1. The molecule has 0 heterocycles. The van der Waals surface area contributed by atoms with Crippen molar-refractivity contribution in [1.29, 1.82) is 0 Å². The van der Waals surface area contributed by atoms with Gasteiger partial charge >= 0.3 is 5.97 Å². The number of phenolic OH excluding ortho intramolecular Hbond substituents is 1. The molecule has 1 amide bonds. The summed E-state index contributed by atoms with van der Waals surface area (Å²) in [4.78, 5) is 21.7. The van der Waals surface area contributed by atoms with Gasteiger partial charge in [0.1, 0.15) is 0 Å². The summed E-state index contributed by atoms with van der Waals surface area (Å²) in [5.74, 6) is -1.53. The van der Waals surface area contributed by atoms with Gasteiger partial charge in [-0.05, 0) is 18.6 Å². The van der Waals surface area contributed by atoms with Crippen LogP contribution < -0.4 is 5.32 Å². The number of carbonyl (C=O) groups is 2. The Hall–Kier alpha value is -1.46. The first-order chi connectivity index (χ1) is 8.40. The molecule has 0 aliphatic heterocycles. The molecule has 3 N–H and O–H groups in total. The van der Waals surface area contributed by atoms with Crippen LogP contribution in [-0.2, 0) is 9.59 Å². The molecule has 18 heavy (non-hydrogen) atoms. The van der Waals surface area contributed by atoms with Gasteiger partial charge in [-0.15, -0.1) is 0 Å². The lowest BCUT2D eigenvalue weighted by Gasteiger charge is -2.07. The van der Waals surface area contributed by atoms with Crippen LogP contribution >= 0.6 is 23.2 Å². The van der Waals surface area contributed by atoms with Crippen LogP contribution in [-0.4, -0.2) is 22.1 Å². The first kappa shape index (κ1) is 14.6. The van der Waals surface area contributed by atoms with E-state index < -0.39 is 5.97 Å². The Morgan fingerprint density at radius 1 is 1.17 bits per heavy atom. The van der Waals surface area contributed by atoms with E-state index in [1.54, 1.807) is 0 Å². The summed E-state index contributed by atoms with van der Waals surface area (Å²) >= 11 is 11.4. The van der Waals surface area contributed by atoms with Crippen LogP contribution in [0, 0.1) is 0 Å². The summed E-state index contributed by atoms with van der Waals surface area (Å²) in [6.07, 6.45) is 0.271. The van der Waals surface area contributed by atoms with E-state index in [9.17, 15) is 14.7 Å². The second kappa shape index (κ2) is 6.47. The largest absolute Gasteiger partial charge is 0.505 e. The van der Waals surface area contributed by atoms with E-state index >= 15 is 0 Å². The van der Waals surface area contributed by atoms with Crippen LogP contribution in [0.3, 0.4) is 0 Å². The molecule has 0 aromatic heterocycles. The number of nitrogens with one attached hydrogen (secondary N) is 1. The molecule has 7 heteroatoms. The third kappa shape index (κ3) is 4.43. The minimum absolute atomic E-state index is 0.0309. The van der Waals surface area contributed by atoms with Crippen molar-refractivity contribution in [3.05, 3.63) is 22.2 Å². The molecule has 0 fully saturated rings. The van der Waals surface area contributed by atoms with Gasteiger partial charge in [0.25, 0.3) is 0 Å². The van der Waals surface area contributed by atoms with Gasteiger partial charge < -0.3 is 15.5 Å². The molecular weight excluding hydrogens is 281 g/mol. The van der Waals surface area contributed by atoms with Crippen molar-refractivity contribution < 1.29 is 19.8 Å². The molecule has 0 aliphatic rings. The van der Waals surface area contributed by atoms with E-state index in [2.05, 4.69) is 5.32 Å². The lowest BCUT2D eigenvalue weighted by molar-refractivity contribution is -0.137. The van der Waals surface area contributed by atoms with E-state index in [4.69, 9.17) is 28.3 Å². The van der Waals surface area contributed by atoms with E-state index in [0.29, 0.717) is 5.69 Å². The van der Waals surface area contributed by atoms with E-state index in [1.165, 1.54) is 12.1 Å². The Balaban J connectivity index is 2.57. The van der Waals surface area contributed by atoms with Gasteiger partial charge in [-0.2, -0.15) is 0 Å². The SMILES string of the molecule is O=C(O)CCCC(=O)Nc1cc(Cl)c(O)c(Cl)c1. The molecule has 98 valence electrons. The summed E-state index contributed by atoms with van der Waals surface area (Å²) in [6, 6.07) is 2.72. The second-order valence-corrected chi connectivity index (χ2v) is 4.40. The molecule has 5 nitrogen and oxygen atoms in total. The lowest BCUT2D eigenvalue weighted by Crippen LogP contribution is -2.11. The quantitative estimate of drug-likeness (QED) is 0.728. The third-order valence-corrected chi connectivity index (χ3v) is 2.67. The molecule has 0 saturated carbocycles. The number of aromatic hydroxyl groups is 1. The molecule has 0 spiro atoms. The molecule has 0 atom stereocenters. The van der Waals surface area contributed by atoms with Crippen molar-refractivity contribution in [3.8, 4) is 5.75 Å². The molecule has 1 aromatic carbocycles. The van der Waals surface area contributed by atoms with Gasteiger partial charge in [0.2, 0.25) is 5.91 Å². The fourth-order valence-corrected chi connectivity index (χ4v) is 1.75. The standard InChI is InChI=1S/C11H11Cl2NO4/c12-7-4-6(5-8(13)11(7)18)14-9(15)2-1-3-10(16)17/h4-5,18H,1-3H2,(H,14,15)(H,16,17). The van der Waals surface area contributed by atoms with Gasteiger partial charge in [0.05, 0.1) is 10.0 Å². The lowest BCUT2D eigenvalue weighted by atomic mass is 10.2. The molecule has 0 radical (unpaired) electrons. The number of carboxylic acids is 1. The highest BCUT2D eigenvalue weighted by Crippen LogP contribution is 2.34. The highest BCUT2D eigenvalue weighted by atomic mass is 35.5. The van der Waals surface area contributed by atoms with Crippen molar-refractivity contribution in [2.24, 2.45) is 0 Å². The molecular formula is C11H11Cl2NO4. The minimum atomic E-state index is -0.946. The highest BCUT2D eigenvalue weighted by molar-refractivity contribution is 6.37. The number of hydrogen-bond donors (Lipinski definition) is 3. The number of halogens is 2. The maximum atomic E-state index is 11.4. The Morgan fingerprint density at radius 3 is 2.22 bits per heavy atom. The van der Waals surface area contributed by atoms with Crippen LogP contribution in [0.25, 0.3) is 0 Å². The summed E-state index contributed by atoms with van der Waals surface area (Å²) in [5, 5.41) is 20.3. The Labute approximate surface area is 113 Å². The number of amides is 1. The number of phenols is 1. The maximum Gasteiger partial charge on any atom is 0.303 e. The third-order valence-electron chi connectivity index (χ3n) is 2.10. The first-order valence-corrected chi connectivity index (χ1v) is 5.85. The molecule has 0 unspecified atom stereocenters. The fraction of sp³-hybridized carbons (Fsp3) is 0.273. The molecule has 0 bridgehead atoms. The van der Waals surface area contributed by atoms with E-state index in [1.807, 2.05) is 0 Å². The van der Waals surface area contributed by atoms with E-state index in [0.717, 1.165) is 0 Å². The first-order valence-electron chi connectivity index (χ1n) is 5.10. The molecule has 0 saturated heterocycles. The van der Waals surface area contributed by atoms with Gasteiger partial charge in [-0.3, -0.25) is 9.59 Å². The molecule has 1 aromatic rings. The summed E-state index contributed by atoms with van der Waals surface area (Å²) < 4.78 is 0. The number of hydrogen-bond acceptors (Lipinski definition) is 3. The van der Waals surface area contributed by atoms with Crippen LogP contribution in [0.1, 0.15) is 19.3 Å². The second-order valence-electron chi connectivity index (χ2n) is 3.58. The zero-order valence-corrected chi connectivity index (χ0v) is 10.8. The Bertz CT molecular complexity index is 453. The molecule has 1 rings (SSSR count). The summed E-state index contributed by atoms with van der Waals surface area (Å²) in [6.45, 7) is 0. The van der Waals surface area contributed by atoms with Crippen LogP contribution in [0.2, 0.25) is 10.0 Å². The molecule has 0 aliphatic carbocycles. The van der Waals surface area contributed by atoms with Crippen molar-refractivity contribution in [2.45, 2.75) is 19.3 Å². The van der Waals surface area contributed by atoms with Gasteiger partial charge in [0, 0.05) is 18.5 Å². The smallest absolute Gasteiger partial charge is 0.303 e. The van der Waals surface area contributed by atoms with Crippen molar-refractivity contribution in [2.75, 3.05) is 5.32 Å². The predicted octanol–water partition coefficient (Wildman–Crippen LogP) is 2.89. The van der Waals surface area contributed by atoms with Crippen molar-refractivity contribution in [3.63, 3.8) is 0 Å². The van der Waals surface area contributed by atoms with Crippen LogP contribution in [0.5, 0.6) is 5.75 Å². The van der Waals surface area contributed by atoms with Crippen LogP contribution in [0.15, 0.2) is 12.1 Å². The van der Waals surface area contributed by atoms with E-state index in [-0.39, 0.29) is 41.0 Å². The Morgan fingerprint density at radius 2 is 1.72 bits per heavy atom. The number of carboxylic acid groups (broad SMARTS) is 1. The van der Waals surface area contributed by atoms with Gasteiger partial charge in [-0.1, -0.05) is 23.2 Å². The maximum absolute atomic E-state index is 11.4. The zero-order valence-electron chi connectivity index (χ0n) is 9.24. The minimum Gasteiger partial charge on any atom is -0.505 e. The average molecular weight is 292 g/mol. The number of anilines is 1.